The lowest BCUT2D eigenvalue weighted by molar-refractivity contribution is -0.270. The molecule has 13 heavy (non-hydrogen) atoms. The Hall–Kier alpha value is -2.11. The van der Waals surface area contributed by atoms with Crippen molar-refractivity contribution in [2.24, 2.45) is 0 Å². The third kappa shape index (κ3) is 1.73. The van der Waals surface area contributed by atoms with Crippen molar-refractivity contribution in [2.45, 2.75) is 0 Å². The highest BCUT2D eigenvalue weighted by atomic mass is 16.4. The molecule has 0 aromatic carbocycles. The summed E-state index contributed by atoms with van der Waals surface area (Å²) >= 11 is 0. The summed E-state index contributed by atoms with van der Waals surface area (Å²) in [4.78, 5) is 23.9. The normalized spacial score (nSPS) is 9.54. The minimum Gasteiger partial charge on any atom is -0.871 e. The van der Waals surface area contributed by atoms with Gasteiger partial charge in [-0.05, 0) is 0 Å². The minimum atomic E-state index is -1.73. The third-order valence-corrected chi connectivity index (χ3v) is 1.29. The van der Waals surface area contributed by atoms with Gasteiger partial charge in [0.1, 0.15) is 0 Å². The molecule has 68 valence electrons. The Morgan fingerprint density at radius 3 is 2.54 bits per heavy atom. The van der Waals surface area contributed by atoms with Gasteiger partial charge < -0.3 is 20.1 Å². The summed E-state index contributed by atoms with van der Waals surface area (Å²) < 4.78 is 0. The molecule has 0 bridgehead atoms. The SMILES string of the molecule is O=C([O-])c1cc([O-])cnc1C(=O)O. The summed E-state index contributed by atoms with van der Waals surface area (Å²) in [6.45, 7) is 0. The molecule has 0 unspecified atom stereocenters. The lowest BCUT2D eigenvalue weighted by Gasteiger charge is -2.10. The van der Waals surface area contributed by atoms with E-state index in [1.165, 1.54) is 0 Å². The lowest BCUT2D eigenvalue weighted by atomic mass is 10.2. The standard InChI is InChI=1S/C7H5NO5/c9-3-1-4(6(10)11)5(7(12)13)8-2-3/h1-2,9H,(H,10,11)(H,12,13)/p-2. The number of carboxylic acids is 2. The molecule has 0 aliphatic heterocycles. The topological polar surface area (TPSA) is 113 Å². The van der Waals surface area contributed by atoms with Gasteiger partial charge in [0.05, 0.1) is 5.97 Å². The predicted octanol–water partition coefficient (Wildman–Crippen LogP) is -1.78. The summed E-state index contributed by atoms with van der Waals surface area (Å²) in [6.07, 6.45) is 0.732. The highest BCUT2D eigenvalue weighted by Gasteiger charge is 2.11. The van der Waals surface area contributed by atoms with E-state index in [2.05, 4.69) is 4.98 Å². The van der Waals surface area contributed by atoms with Crippen molar-refractivity contribution < 1.29 is 24.9 Å². The molecular weight excluding hydrogens is 178 g/mol. The van der Waals surface area contributed by atoms with Crippen molar-refractivity contribution in [1.29, 1.82) is 0 Å². The number of aromatic carboxylic acids is 2. The van der Waals surface area contributed by atoms with Gasteiger partial charge in [-0.2, -0.15) is 0 Å². The predicted molar refractivity (Wildman–Crippen MR) is 35.0 cm³/mol. The molecule has 1 rings (SSSR count). The van der Waals surface area contributed by atoms with E-state index in [1.54, 1.807) is 0 Å². The second-order valence-corrected chi connectivity index (χ2v) is 2.16. The Bertz CT molecular complexity index is 373. The van der Waals surface area contributed by atoms with Crippen LogP contribution in [0.2, 0.25) is 0 Å². The number of carboxylic acid groups (broad SMARTS) is 2. The molecule has 0 saturated carbocycles. The van der Waals surface area contributed by atoms with Crippen LogP contribution in [0.5, 0.6) is 5.75 Å². The van der Waals surface area contributed by atoms with Gasteiger partial charge >= 0.3 is 5.97 Å². The number of pyridine rings is 1. The van der Waals surface area contributed by atoms with E-state index in [-0.39, 0.29) is 0 Å². The van der Waals surface area contributed by atoms with Crippen molar-refractivity contribution in [3.63, 3.8) is 0 Å². The fraction of sp³-hybridized carbons (Fsp3) is 0. The first-order valence-corrected chi connectivity index (χ1v) is 3.14. The van der Waals surface area contributed by atoms with Gasteiger partial charge in [0.2, 0.25) is 0 Å². The van der Waals surface area contributed by atoms with Crippen LogP contribution < -0.4 is 10.2 Å². The molecule has 0 radical (unpaired) electrons. The van der Waals surface area contributed by atoms with Crippen molar-refractivity contribution >= 4 is 11.9 Å². The maximum Gasteiger partial charge on any atom is 0.355 e. The Labute approximate surface area is 72.1 Å². The quantitative estimate of drug-likeness (QED) is 0.576. The number of rotatable bonds is 2. The summed E-state index contributed by atoms with van der Waals surface area (Å²) in [7, 11) is 0. The first kappa shape index (κ1) is 8.98. The van der Waals surface area contributed by atoms with Crippen LogP contribution in [0.3, 0.4) is 0 Å². The maximum absolute atomic E-state index is 10.6. The summed E-state index contributed by atoms with van der Waals surface area (Å²) in [6, 6.07) is 0.659. The second kappa shape index (κ2) is 3.10. The van der Waals surface area contributed by atoms with Crippen LogP contribution in [0.4, 0.5) is 0 Å². The van der Waals surface area contributed by atoms with Gasteiger partial charge in [0.15, 0.2) is 5.69 Å². The zero-order valence-electron chi connectivity index (χ0n) is 6.18. The molecule has 0 fully saturated rings. The van der Waals surface area contributed by atoms with E-state index >= 15 is 0 Å². The minimum absolute atomic E-state index is 0.659. The van der Waals surface area contributed by atoms with E-state index in [0.717, 1.165) is 6.20 Å². The van der Waals surface area contributed by atoms with Crippen LogP contribution in [0, 0.1) is 0 Å². The van der Waals surface area contributed by atoms with Crippen molar-refractivity contribution in [2.75, 3.05) is 0 Å². The second-order valence-electron chi connectivity index (χ2n) is 2.16. The summed E-state index contributed by atoms with van der Waals surface area (Å²) in [5, 5.41) is 29.4. The van der Waals surface area contributed by atoms with Crippen molar-refractivity contribution in [3.05, 3.63) is 23.5 Å². The molecule has 0 atom stereocenters. The molecule has 0 aliphatic rings. The Balaban J connectivity index is 3.35. The van der Waals surface area contributed by atoms with Crippen molar-refractivity contribution in [1.82, 2.24) is 4.98 Å². The van der Waals surface area contributed by atoms with Gasteiger partial charge in [-0.3, -0.25) is 0 Å². The van der Waals surface area contributed by atoms with Gasteiger partial charge in [-0.15, -0.1) is 0 Å². The molecule has 1 heterocycles. The molecule has 1 aromatic rings. The number of aromatic nitrogens is 1. The molecule has 1 N–H and O–H groups in total. The third-order valence-electron chi connectivity index (χ3n) is 1.29. The average Bonchev–Trinajstić information content (AvgIpc) is 2.03. The van der Waals surface area contributed by atoms with Crippen molar-refractivity contribution in [3.8, 4) is 5.75 Å². The zero-order chi connectivity index (χ0) is 10.0. The van der Waals surface area contributed by atoms with Crippen LogP contribution in [0.1, 0.15) is 20.8 Å². The van der Waals surface area contributed by atoms with E-state index < -0.39 is 28.9 Å². The smallest absolute Gasteiger partial charge is 0.355 e. The molecule has 6 nitrogen and oxygen atoms in total. The molecule has 6 heteroatoms. The van der Waals surface area contributed by atoms with Gasteiger partial charge in [0.25, 0.3) is 0 Å². The number of hydrogen-bond donors (Lipinski definition) is 1. The van der Waals surface area contributed by atoms with Gasteiger partial charge in [-0.25, -0.2) is 9.78 Å². The monoisotopic (exact) mass is 181 g/mol. The maximum atomic E-state index is 10.6. The number of hydrogen-bond acceptors (Lipinski definition) is 5. The molecule has 1 aromatic heterocycles. The zero-order valence-corrected chi connectivity index (χ0v) is 6.18. The molecular formula is C7H3NO5-2. The largest absolute Gasteiger partial charge is 0.871 e. The highest BCUT2D eigenvalue weighted by molar-refractivity contribution is 5.99. The van der Waals surface area contributed by atoms with Crippen LogP contribution >= 0.6 is 0 Å². The molecule has 0 spiro atoms. The van der Waals surface area contributed by atoms with Crippen LogP contribution in [-0.2, 0) is 0 Å². The first-order chi connectivity index (χ1) is 6.02. The van der Waals surface area contributed by atoms with E-state index in [9.17, 15) is 19.8 Å². The Morgan fingerprint density at radius 2 is 2.08 bits per heavy atom. The molecule has 0 saturated heterocycles. The molecule has 0 aliphatic carbocycles. The van der Waals surface area contributed by atoms with Gasteiger partial charge in [0, 0.05) is 11.8 Å². The van der Waals surface area contributed by atoms with Crippen LogP contribution in [0.15, 0.2) is 12.3 Å². The Morgan fingerprint density at radius 1 is 1.46 bits per heavy atom. The number of carbonyl (C=O) groups is 2. The average molecular weight is 181 g/mol. The van der Waals surface area contributed by atoms with Gasteiger partial charge in [-0.1, -0.05) is 11.8 Å². The molecule has 0 amide bonds. The van der Waals surface area contributed by atoms with Crippen LogP contribution in [-0.4, -0.2) is 22.0 Å². The fourth-order valence-electron chi connectivity index (χ4n) is 0.772. The first-order valence-electron chi connectivity index (χ1n) is 3.14. The summed E-state index contributed by atoms with van der Waals surface area (Å²) in [5.41, 5.74) is -1.40. The van der Waals surface area contributed by atoms with Crippen LogP contribution in [0.25, 0.3) is 0 Å². The van der Waals surface area contributed by atoms with E-state index in [0.29, 0.717) is 6.07 Å². The number of nitrogens with zero attached hydrogens (tertiary/aromatic N) is 1. The highest BCUT2D eigenvalue weighted by Crippen LogP contribution is 2.10. The Kier molecular flexibility index (Phi) is 2.14. The van der Waals surface area contributed by atoms with E-state index in [4.69, 9.17) is 5.11 Å². The number of carbonyl (C=O) groups excluding carboxylic acids is 1. The fourth-order valence-corrected chi connectivity index (χ4v) is 0.772. The van der Waals surface area contributed by atoms with E-state index in [1.807, 2.05) is 0 Å². The lowest BCUT2D eigenvalue weighted by Crippen LogP contribution is -2.25. The summed E-state index contributed by atoms with van der Waals surface area (Å²) in [5.74, 6) is -3.92.